The number of amides is 1. The normalized spacial score (nSPS) is 9.71. The van der Waals surface area contributed by atoms with E-state index in [0.717, 1.165) is 5.69 Å². The van der Waals surface area contributed by atoms with Crippen LogP contribution in [0, 0.1) is 17.1 Å². The first-order chi connectivity index (χ1) is 10.2. The number of hydrogen-bond acceptors (Lipinski definition) is 3. The maximum Gasteiger partial charge on any atom is 0.226 e. The first-order valence-corrected chi connectivity index (χ1v) is 6.47. The Bertz CT molecular complexity index is 662. The maximum atomic E-state index is 13.4. The van der Waals surface area contributed by atoms with E-state index in [-0.39, 0.29) is 18.0 Å². The largest absolute Gasteiger partial charge is 0.385 e. The van der Waals surface area contributed by atoms with Gasteiger partial charge in [-0.15, -0.1) is 0 Å². The van der Waals surface area contributed by atoms with Crippen LogP contribution in [0.15, 0.2) is 48.5 Å². The van der Waals surface area contributed by atoms with Crippen molar-refractivity contribution in [2.24, 2.45) is 0 Å². The van der Waals surface area contributed by atoms with Crippen LogP contribution in [0.5, 0.6) is 0 Å². The second-order valence-electron chi connectivity index (χ2n) is 4.39. The highest BCUT2D eigenvalue weighted by Crippen LogP contribution is 2.13. The zero-order chi connectivity index (χ0) is 15.1. The molecule has 0 atom stereocenters. The summed E-state index contributed by atoms with van der Waals surface area (Å²) in [6.45, 7) is 0.423. The molecular formula is C16H14FN3O. The summed E-state index contributed by atoms with van der Waals surface area (Å²) in [5.41, 5.74) is 1.59. The van der Waals surface area contributed by atoms with Crippen LogP contribution in [0.2, 0.25) is 0 Å². The molecule has 0 fully saturated rings. The van der Waals surface area contributed by atoms with E-state index in [1.165, 1.54) is 12.1 Å². The van der Waals surface area contributed by atoms with Crippen molar-refractivity contribution in [2.75, 3.05) is 17.2 Å². The van der Waals surface area contributed by atoms with Crippen molar-refractivity contribution in [2.45, 2.75) is 6.42 Å². The molecule has 0 radical (unpaired) electrons. The van der Waals surface area contributed by atoms with Crippen molar-refractivity contribution in [3.05, 3.63) is 59.9 Å². The van der Waals surface area contributed by atoms with Gasteiger partial charge in [0.05, 0.1) is 17.3 Å². The molecule has 2 rings (SSSR count). The molecule has 106 valence electrons. The number of hydrogen-bond donors (Lipinski definition) is 2. The van der Waals surface area contributed by atoms with Crippen molar-refractivity contribution in [3.8, 4) is 6.07 Å². The molecule has 0 saturated carbocycles. The van der Waals surface area contributed by atoms with Crippen LogP contribution in [-0.2, 0) is 4.79 Å². The number of nitrogens with one attached hydrogen (secondary N) is 2. The van der Waals surface area contributed by atoms with Crippen molar-refractivity contribution >= 4 is 17.3 Å². The minimum absolute atomic E-state index is 0.181. The summed E-state index contributed by atoms with van der Waals surface area (Å²) >= 11 is 0. The van der Waals surface area contributed by atoms with E-state index in [4.69, 9.17) is 5.26 Å². The molecule has 0 aliphatic heterocycles. The highest BCUT2D eigenvalue weighted by atomic mass is 19.1. The fourth-order valence-corrected chi connectivity index (χ4v) is 1.76. The smallest absolute Gasteiger partial charge is 0.226 e. The summed E-state index contributed by atoms with van der Waals surface area (Å²) in [6.07, 6.45) is 0.217. The second kappa shape index (κ2) is 7.06. The Morgan fingerprint density at radius 1 is 1.14 bits per heavy atom. The number of anilines is 2. The number of carbonyl (C=O) groups is 1. The van der Waals surface area contributed by atoms with Gasteiger partial charge in [-0.2, -0.15) is 5.26 Å². The van der Waals surface area contributed by atoms with Gasteiger partial charge in [-0.3, -0.25) is 4.79 Å². The lowest BCUT2D eigenvalue weighted by atomic mass is 10.2. The van der Waals surface area contributed by atoms with Crippen molar-refractivity contribution in [1.82, 2.24) is 0 Å². The molecule has 0 saturated heterocycles. The van der Waals surface area contributed by atoms with Gasteiger partial charge in [0.15, 0.2) is 0 Å². The topological polar surface area (TPSA) is 64.9 Å². The van der Waals surface area contributed by atoms with Gasteiger partial charge >= 0.3 is 0 Å². The molecule has 2 N–H and O–H groups in total. The van der Waals surface area contributed by atoms with E-state index in [9.17, 15) is 9.18 Å². The third-order valence-corrected chi connectivity index (χ3v) is 2.84. The van der Waals surface area contributed by atoms with Crippen LogP contribution in [0.1, 0.15) is 12.0 Å². The summed E-state index contributed by atoms with van der Waals surface area (Å²) < 4.78 is 13.4. The zero-order valence-electron chi connectivity index (χ0n) is 11.3. The van der Waals surface area contributed by atoms with Crippen molar-refractivity contribution in [3.63, 3.8) is 0 Å². The molecule has 0 spiro atoms. The molecule has 21 heavy (non-hydrogen) atoms. The van der Waals surface area contributed by atoms with Gasteiger partial charge in [-0.25, -0.2) is 4.39 Å². The Morgan fingerprint density at radius 3 is 2.52 bits per heavy atom. The zero-order valence-corrected chi connectivity index (χ0v) is 11.3. The Kier molecular flexibility index (Phi) is 4.89. The molecule has 0 aliphatic rings. The molecule has 2 aromatic carbocycles. The number of para-hydroxylation sites is 1. The summed E-state index contributed by atoms with van der Waals surface area (Å²) in [7, 11) is 0. The van der Waals surface area contributed by atoms with E-state index < -0.39 is 5.82 Å². The third-order valence-electron chi connectivity index (χ3n) is 2.84. The molecule has 4 nitrogen and oxygen atoms in total. The molecule has 0 aromatic heterocycles. The van der Waals surface area contributed by atoms with Gasteiger partial charge in [-0.1, -0.05) is 12.1 Å². The molecule has 0 bridgehead atoms. The van der Waals surface area contributed by atoms with Crippen LogP contribution in [0.25, 0.3) is 0 Å². The molecule has 5 heteroatoms. The minimum Gasteiger partial charge on any atom is -0.385 e. The molecule has 2 aromatic rings. The third kappa shape index (κ3) is 4.32. The monoisotopic (exact) mass is 283 g/mol. The average Bonchev–Trinajstić information content (AvgIpc) is 2.50. The molecule has 1 amide bonds. The fraction of sp³-hybridized carbons (Fsp3) is 0.125. The van der Waals surface area contributed by atoms with E-state index in [0.29, 0.717) is 12.1 Å². The summed E-state index contributed by atoms with van der Waals surface area (Å²) in [4.78, 5) is 11.7. The number of nitriles is 1. The van der Waals surface area contributed by atoms with Gasteiger partial charge in [0.1, 0.15) is 5.82 Å². The van der Waals surface area contributed by atoms with Crippen LogP contribution in [0.3, 0.4) is 0 Å². The highest BCUT2D eigenvalue weighted by molar-refractivity contribution is 5.91. The predicted molar refractivity (Wildman–Crippen MR) is 79.3 cm³/mol. The van der Waals surface area contributed by atoms with Gasteiger partial charge in [-0.05, 0) is 36.4 Å². The summed E-state index contributed by atoms with van der Waals surface area (Å²) in [5.74, 6) is -0.716. The molecular weight excluding hydrogens is 269 g/mol. The first-order valence-electron chi connectivity index (χ1n) is 6.47. The van der Waals surface area contributed by atoms with Gasteiger partial charge in [0, 0.05) is 18.7 Å². The highest BCUT2D eigenvalue weighted by Gasteiger charge is 2.05. The maximum absolute atomic E-state index is 13.4. The average molecular weight is 283 g/mol. The van der Waals surface area contributed by atoms with Gasteiger partial charge < -0.3 is 10.6 Å². The Hall–Kier alpha value is -2.87. The minimum atomic E-state index is -0.453. The Balaban J connectivity index is 1.79. The molecule has 0 heterocycles. The van der Waals surface area contributed by atoms with Crippen LogP contribution < -0.4 is 10.6 Å². The van der Waals surface area contributed by atoms with E-state index in [1.54, 1.807) is 36.4 Å². The molecule has 0 aliphatic carbocycles. The van der Waals surface area contributed by atoms with E-state index in [2.05, 4.69) is 10.6 Å². The lowest BCUT2D eigenvalue weighted by Gasteiger charge is -2.08. The SMILES string of the molecule is N#Cc1ccc(NCCC(=O)Nc2ccccc2F)cc1. The van der Waals surface area contributed by atoms with Gasteiger partial charge in [0.25, 0.3) is 0 Å². The number of benzene rings is 2. The standard InChI is InChI=1S/C16H14FN3O/c17-14-3-1-2-4-15(14)20-16(21)9-10-19-13-7-5-12(11-18)6-8-13/h1-8,19H,9-10H2,(H,20,21). The predicted octanol–water partition coefficient (Wildman–Crippen LogP) is 3.14. The quantitative estimate of drug-likeness (QED) is 0.886. The molecule has 0 unspecified atom stereocenters. The van der Waals surface area contributed by atoms with Crippen molar-refractivity contribution < 1.29 is 9.18 Å². The fourth-order valence-electron chi connectivity index (χ4n) is 1.76. The first kappa shape index (κ1) is 14.5. The van der Waals surface area contributed by atoms with Crippen LogP contribution in [0.4, 0.5) is 15.8 Å². The van der Waals surface area contributed by atoms with Crippen LogP contribution >= 0.6 is 0 Å². The Labute approximate surface area is 122 Å². The number of rotatable bonds is 5. The number of halogens is 1. The summed E-state index contributed by atoms with van der Waals surface area (Å²) in [5, 5.41) is 14.3. The second-order valence-corrected chi connectivity index (χ2v) is 4.39. The van der Waals surface area contributed by atoms with E-state index >= 15 is 0 Å². The lowest BCUT2D eigenvalue weighted by molar-refractivity contribution is -0.116. The van der Waals surface area contributed by atoms with Crippen LogP contribution in [-0.4, -0.2) is 12.5 Å². The van der Waals surface area contributed by atoms with E-state index in [1.807, 2.05) is 6.07 Å². The Morgan fingerprint density at radius 2 is 1.86 bits per heavy atom. The number of carbonyl (C=O) groups excluding carboxylic acids is 1. The van der Waals surface area contributed by atoms with Crippen molar-refractivity contribution in [1.29, 1.82) is 5.26 Å². The van der Waals surface area contributed by atoms with Gasteiger partial charge in [0.2, 0.25) is 5.91 Å². The number of nitrogens with zero attached hydrogens (tertiary/aromatic N) is 1. The lowest BCUT2D eigenvalue weighted by Crippen LogP contribution is -2.16. The summed E-state index contributed by atoms with van der Waals surface area (Å²) in [6, 6.07) is 15.0.